The van der Waals surface area contributed by atoms with Crippen LogP contribution in [0.3, 0.4) is 0 Å². The summed E-state index contributed by atoms with van der Waals surface area (Å²) in [4.78, 5) is 16.5. The highest BCUT2D eigenvalue weighted by molar-refractivity contribution is 5.77. The topological polar surface area (TPSA) is 43.6 Å². The summed E-state index contributed by atoms with van der Waals surface area (Å²) in [6.07, 6.45) is 2.13. The fraction of sp³-hybridized carbons (Fsp3) is 0.176. The number of hydrogen-bond donors (Lipinski definition) is 0. The zero-order valence-corrected chi connectivity index (χ0v) is 11.8. The fourth-order valence-electron chi connectivity index (χ4n) is 2.39. The first-order chi connectivity index (χ1) is 10.3. The van der Waals surface area contributed by atoms with Gasteiger partial charge in [0.05, 0.1) is 24.4 Å². The van der Waals surface area contributed by atoms with E-state index in [-0.39, 0.29) is 12.4 Å². The lowest BCUT2D eigenvalue weighted by Gasteiger charge is -2.05. The minimum Gasteiger partial charge on any atom is -0.466 e. The minimum absolute atomic E-state index is 0.212. The molecule has 21 heavy (non-hydrogen) atoms. The highest BCUT2D eigenvalue weighted by atomic mass is 16.5. The van der Waals surface area contributed by atoms with E-state index in [9.17, 15) is 4.79 Å². The van der Waals surface area contributed by atoms with Crippen molar-refractivity contribution in [3.63, 3.8) is 0 Å². The molecular formula is C17H16N2O2. The van der Waals surface area contributed by atoms with E-state index in [1.165, 1.54) is 0 Å². The Hall–Kier alpha value is -2.62. The van der Waals surface area contributed by atoms with Gasteiger partial charge in [0.2, 0.25) is 0 Å². The Kier molecular flexibility index (Phi) is 3.69. The number of ether oxygens (including phenoxy) is 1. The molecule has 2 heterocycles. The molecule has 1 aromatic carbocycles. The second-order valence-corrected chi connectivity index (χ2v) is 4.68. The van der Waals surface area contributed by atoms with E-state index in [0.717, 1.165) is 22.6 Å². The molecule has 0 unspecified atom stereocenters. The van der Waals surface area contributed by atoms with Gasteiger partial charge in [-0.1, -0.05) is 36.4 Å². The number of aromatic nitrogens is 2. The molecule has 0 aliphatic heterocycles. The average molecular weight is 280 g/mol. The number of nitrogens with zero attached hydrogens (tertiary/aromatic N) is 2. The number of benzene rings is 1. The largest absolute Gasteiger partial charge is 0.466 e. The van der Waals surface area contributed by atoms with E-state index in [1.54, 1.807) is 0 Å². The van der Waals surface area contributed by atoms with Crippen molar-refractivity contribution < 1.29 is 9.53 Å². The fourth-order valence-corrected chi connectivity index (χ4v) is 2.39. The first kappa shape index (κ1) is 13.4. The van der Waals surface area contributed by atoms with E-state index in [1.807, 2.05) is 66.1 Å². The van der Waals surface area contributed by atoms with Crippen molar-refractivity contribution in [3.8, 4) is 11.3 Å². The third kappa shape index (κ3) is 2.65. The number of esters is 1. The molecule has 4 heteroatoms. The predicted octanol–water partition coefficient (Wildman–Crippen LogP) is 3.11. The first-order valence-electron chi connectivity index (χ1n) is 6.96. The Bertz CT molecular complexity index is 763. The van der Waals surface area contributed by atoms with Gasteiger partial charge in [0.25, 0.3) is 0 Å². The van der Waals surface area contributed by atoms with Crippen molar-refractivity contribution in [2.45, 2.75) is 13.3 Å². The number of pyridine rings is 1. The Morgan fingerprint density at radius 2 is 1.90 bits per heavy atom. The maximum Gasteiger partial charge on any atom is 0.311 e. The molecule has 0 N–H and O–H groups in total. The van der Waals surface area contributed by atoms with Gasteiger partial charge in [-0.2, -0.15) is 0 Å². The molecule has 0 aliphatic carbocycles. The summed E-state index contributed by atoms with van der Waals surface area (Å²) in [6.45, 7) is 2.20. The van der Waals surface area contributed by atoms with E-state index in [4.69, 9.17) is 4.74 Å². The van der Waals surface area contributed by atoms with Crippen LogP contribution >= 0.6 is 0 Å². The second-order valence-electron chi connectivity index (χ2n) is 4.68. The quantitative estimate of drug-likeness (QED) is 0.690. The Morgan fingerprint density at radius 1 is 1.14 bits per heavy atom. The Morgan fingerprint density at radius 3 is 2.67 bits per heavy atom. The molecule has 0 saturated heterocycles. The van der Waals surface area contributed by atoms with E-state index < -0.39 is 0 Å². The summed E-state index contributed by atoms with van der Waals surface area (Å²) in [5.74, 6) is -0.236. The molecule has 0 atom stereocenters. The van der Waals surface area contributed by atoms with Crippen molar-refractivity contribution in [1.29, 1.82) is 0 Å². The molecule has 3 rings (SSSR count). The maximum atomic E-state index is 11.9. The van der Waals surface area contributed by atoms with Crippen LogP contribution in [0, 0.1) is 0 Å². The maximum absolute atomic E-state index is 11.9. The van der Waals surface area contributed by atoms with Crippen LogP contribution in [0.25, 0.3) is 16.9 Å². The number of fused-ring (bicyclic) bond motifs is 1. The molecule has 0 saturated carbocycles. The molecule has 0 fully saturated rings. The van der Waals surface area contributed by atoms with Crippen molar-refractivity contribution >= 4 is 11.6 Å². The van der Waals surface area contributed by atoms with Crippen LogP contribution in [-0.2, 0) is 16.0 Å². The first-order valence-corrected chi connectivity index (χ1v) is 6.96. The number of carbonyl (C=O) groups is 1. The van der Waals surface area contributed by atoms with Crippen molar-refractivity contribution in [1.82, 2.24) is 9.38 Å². The molecule has 2 aromatic heterocycles. The van der Waals surface area contributed by atoms with Gasteiger partial charge in [0.1, 0.15) is 5.65 Å². The normalized spacial score (nSPS) is 10.7. The molecule has 0 bridgehead atoms. The van der Waals surface area contributed by atoms with E-state index >= 15 is 0 Å². The van der Waals surface area contributed by atoms with Crippen LogP contribution in [0.1, 0.15) is 12.6 Å². The minimum atomic E-state index is -0.236. The van der Waals surface area contributed by atoms with Gasteiger partial charge in [-0.05, 0) is 19.1 Å². The average Bonchev–Trinajstić information content (AvgIpc) is 2.87. The van der Waals surface area contributed by atoms with Gasteiger partial charge < -0.3 is 9.14 Å². The Balaban J connectivity index is 2.12. The number of imidazole rings is 1. The number of rotatable bonds is 4. The highest BCUT2D eigenvalue weighted by Crippen LogP contribution is 2.24. The summed E-state index contributed by atoms with van der Waals surface area (Å²) in [5.41, 5.74) is 3.52. The van der Waals surface area contributed by atoms with Crippen molar-refractivity contribution in [2.24, 2.45) is 0 Å². The summed E-state index contributed by atoms with van der Waals surface area (Å²) in [6, 6.07) is 15.7. The van der Waals surface area contributed by atoms with Crippen LogP contribution in [0.2, 0.25) is 0 Å². The SMILES string of the molecule is CCOC(=O)Cc1c(-c2ccccc2)nc2ccccn12. The molecule has 4 nitrogen and oxygen atoms in total. The van der Waals surface area contributed by atoms with Crippen LogP contribution in [0.15, 0.2) is 54.7 Å². The Labute approximate surface area is 123 Å². The molecule has 106 valence electrons. The molecule has 0 amide bonds. The standard InChI is InChI=1S/C17H16N2O2/c1-2-21-16(20)12-14-17(13-8-4-3-5-9-13)18-15-10-6-7-11-19(14)15/h3-11H,2,12H2,1H3. The highest BCUT2D eigenvalue weighted by Gasteiger charge is 2.17. The lowest BCUT2D eigenvalue weighted by Crippen LogP contribution is -2.10. The number of hydrogen-bond acceptors (Lipinski definition) is 3. The molecule has 0 spiro atoms. The molecule has 3 aromatic rings. The van der Waals surface area contributed by atoms with Crippen LogP contribution < -0.4 is 0 Å². The van der Waals surface area contributed by atoms with Gasteiger partial charge in [-0.15, -0.1) is 0 Å². The van der Waals surface area contributed by atoms with E-state index in [2.05, 4.69) is 4.98 Å². The number of carbonyl (C=O) groups excluding carboxylic acids is 1. The predicted molar refractivity (Wildman–Crippen MR) is 81.0 cm³/mol. The van der Waals surface area contributed by atoms with Gasteiger partial charge in [-0.25, -0.2) is 4.98 Å². The molecule has 0 radical (unpaired) electrons. The van der Waals surface area contributed by atoms with Crippen LogP contribution in [0.4, 0.5) is 0 Å². The lowest BCUT2D eigenvalue weighted by molar-refractivity contribution is -0.142. The summed E-state index contributed by atoms with van der Waals surface area (Å²) < 4.78 is 7.02. The van der Waals surface area contributed by atoms with E-state index in [0.29, 0.717) is 6.61 Å². The third-order valence-corrected chi connectivity index (χ3v) is 3.29. The lowest BCUT2D eigenvalue weighted by atomic mass is 10.1. The second kappa shape index (κ2) is 5.79. The molecule has 0 aliphatic rings. The molecular weight excluding hydrogens is 264 g/mol. The van der Waals surface area contributed by atoms with Crippen LogP contribution in [-0.4, -0.2) is 22.0 Å². The van der Waals surface area contributed by atoms with Crippen molar-refractivity contribution in [3.05, 3.63) is 60.4 Å². The van der Waals surface area contributed by atoms with Gasteiger partial charge >= 0.3 is 5.97 Å². The zero-order chi connectivity index (χ0) is 14.7. The van der Waals surface area contributed by atoms with Gasteiger partial charge in [0.15, 0.2) is 0 Å². The summed E-state index contributed by atoms with van der Waals surface area (Å²) in [7, 11) is 0. The summed E-state index contributed by atoms with van der Waals surface area (Å²) in [5, 5.41) is 0. The monoisotopic (exact) mass is 280 g/mol. The van der Waals surface area contributed by atoms with Crippen molar-refractivity contribution in [2.75, 3.05) is 6.61 Å². The third-order valence-electron chi connectivity index (χ3n) is 3.29. The smallest absolute Gasteiger partial charge is 0.311 e. The van der Waals surface area contributed by atoms with Crippen LogP contribution in [0.5, 0.6) is 0 Å². The zero-order valence-electron chi connectivity index (χ0n) is 11.8. The summed E-state index contributed by atoms with van der Waals surface area (Å²) >= 11 is 0. The van der Waals surface area contributed by atoms with Gasteiger partial charge in [0, 0.05) is 11.8 Å². The van der Waals surface area contributed by atoms with Gasteiger partial charge in [-0.3, -0.25) is 4.79 Å².